The summed E-state index contributed by atoms with van der Waals surface area (Å²) in [5, 5.41) is 3.18. The third kappa shape index (κ3) is 4.71. The van der Waals surface area contributed by atoms with Crippen LogP contribution in [0, 0.1) is 0 Å². The van der Waals surface area contributed by atoms with E-state index in [2.05, 4.69) is 15.2 Å². The van der Waals surface area contributed by atoms with Crippen LogP contribution >= 0.6 is 0 Å². The van der Waals surface area contributed by atoms with Gasteiger partial charge in [-0.05, 0) is 18.9 Å². The van der Waals surface area contributed by atoms with E-state index < -0.39 is 0 Å². The van der Waals surface area contributed by atoms with Gasteiger partial charge >= 0.3 is 0 Å². The monoisotopic (exact) mass is 344 g/mol. The van der Waals surface area contributed by atoms with Crippen LogP contribution in [0.2, 0.25) is 0 Å². The van der Waals surface area contributed by atoms with Crippen LogP contribution in [0.1, 0.15) is 55.8 Å². The van der Waals surface area contributed by atoms with Crippen molar-refractivity contribution < 1.29 is 9.59 Å². The molecule has 1 aromatic heterocycles. The van der Waals surface area contributed by atoms with E-state index in [4.69, 9.17) is 0 Å². The van der Waals surface area contributed by atoms with Crippen LogP contribution < -0.4 is 10.2 Å². The van der Waals surface area contributed by atoms with Crippen molar-refractivity contribution in [3.05, 3.63) is 24.0 Å². The zero-order valence-electron chi connectivity index (χ0n) is 15.0. The second kappa shape index (κ2) is 8.32. The minimum atomic E-state index is -0.0244. The van der Waals surface area contributed by atoms with Crippen molar-refractivity contribution in [1.29, 1.82) is 0 Å². The smallest absolute Gasteiger partial charge is 0.253 e. The number of aromatic nitrogens is 1. The second-order valence-electron chi connectivity index (χ2n) is 7.09. The Hall–Kier alpha value is -2.11. The Bertz CT molecular complexity index is 603. The lowest BCUT2D eigenvalue weighted by molar-refractivity contribution is -0.129. The lowest BCUT2D eigenvalue weighted by Gasteiger charge is -2.35. The number of nitrogens with one attached hydrogen (secondary N) is 1. The molecule has 25 heavy (non-hydrogen) atoms. The fourth-order valence-electron chi connectivity index (χ4n) is 3.70. The summed E-state index contributed by atoms with van der Waals surface area (Å²) >= 11 is 0. The van der Waals surface area contributed by atoms with Crippen molar-refractivity contribution in [1.82, 2.24) is 15.2 Å². The standard InChI is InChI=1S/C19H28N4O2/c1-15(24)22-8-10-23(11-9-22)18-12-16(13-20-14-18)19(25)21-17-6-4-2-3-5-7-17/h12-14,17H,2-11H2,1H3,(H,21,25). The average molecular weight is 344 g/mol. The number of rotatable bonds is 3. The van der Waals surface area contributed by atoms with Gasteiger partial charge in [0.25, 0.3) is 5.91 Å². The van der Waals surface area contributed by atoms with Gasteiger partial charge in [0.2, 0.25) is 5.91 Å². The number of nitrogens with zero attached hydrogens (tertiary/aromatic N) is 3. The molecule has 0 unspecified atom stereocenters. The molecule has 1 N–H and O–H groups in total. The molecule has 1 saturated heterocycles. The molecule has 136 valence electrons. The maximum Gasteiger partial charge on any atom is 0.253 e. The van der Waals surface area contributed by atoms with Gasteiger partial charge in [0.1, 0.15) is 0 Å². The van der Waals surface area contributed by atoms with Gasteiger partial charge in [-0.2, -0.15) is 0 Å². The van der Waals surface area contributed by atoms with Crippen molar-refractivity contribution >= 4 is 17.5 Å². The van der Waals surface area contributed by atoms with Gasteiger partial charge in [0, 0.05) is 45.3 Å². The molecule has 2 amide bonds. The highest BCUT2D eigenvalue weighted by Gasteiger charge is 2.21. The van der Waals surface area contributed by atoms with Crippen LogP contribution in [0.5, 0.6) is 0 Å². The van der Waals surface area contributed by atoms with E-state index in [1.165, 1.54) is 25.7 Å². The Balaban J connectivity index is 1.61. The average Bonchev–Trinajstić information content (AvgIpc) is 2.90. The summed E-state index contributed by atoms with van der Waals surface area (Å²) in [6.07, 6.45) is 10.5. The molecule has 2 fully saturated rings. The second-order valence-corrected chi connectivity index (χ2v) is 7.09. The first-order chi connectivity index (χ1) is 12.1. The number of hydrogen-bond acceptors (Lipinski definition) is 4. The molecule has 3 rings (SSSR count). The number of hydrogen-bond donors (Lipinski definition) is 1. The van der Waals surface area contributed by atoms with E-state index >= 15 is 0 Å². The summed E-state index contributed by atoms with van der Waals surface area (Å²) in [4.78, 5) is 32.3. The molecule has 2 aliphatic rings. The molecule has 1 aliphatic heterocycles. The first-order valence-corrected chi connectivity index (χ1v) is 9.40. The lowest BCUT2D eigenvalue weighted by atomic mass is 10.1. The molecule has 1 aromatic rings. The van der Waals surface area contributed by atoms with Crippen molar-refractivity contribution in [2.45, 2.75) is 51.5 Å². The summed E-state index contributed by atoms with van der Waals surface area (Å²) in [7, 11) is 0. The van der Waals surface area contributed by atoms with E-state index in [1.54, 1.807) is 19.3 Å². The molecular weight excluding hydrogens is 316 g/mol. The van der Waals surface area contributed by atoms with Crippen LogP contribution in [0.3, 0.4) is 0 Å². The summed E-state index contributed by atoms with van der Waals surface area (Å²) < 4.78 is 0. The quantitative estimate of drug-likeness (QED) is 0.854. The van der Waals surface area contributed by atoms with Gasteiger partial charge in [-0.15, -0.1) is 0 Å². The van der Waals surface area contributed by atoms with Gasteiger partial charge in [0.05, 0.1) is 17.4 Å². The molecule has 6 nitrogen and oxygen atoms in total. The molecule has 1 saturated carbocycles. The topological polar surface area (TPSA) is 65.5 Å². The number of carbonyl (C=O) groups is 2. The van der Waals surface area contributed by atoms with Crippen LogP contribution in [0.25, 0.3) is 0 Å². The van der Waals surface area contributed by atoms with Gasteiger partial charge in [-0.3, -0.25) is 14.6 Å². The van der Waals surface area contributed by atoms with Crippen molar-refractivity contribution in [3.8, 4) is 0 Å². The molecule has 1 aliphatic carbocycles. The minimum Gasteiger partial charge on any atom is -0.367 e. The van der Waals surface area contributed by atoms with E-state index in [-0.39, 0.29) is 17.9 Å². The third-order valence-corrected chi connectivity index (χ3v) is 5.27. The zero-order valence-corrected chi connectivity index (χ0v) is 15.0. The summed E-state index contributed by atoms with van der Waals surface area (Å²) in [5.41, 5.74) is 1.58. The lowest BCUT2D eigenvalue weighted by Crippen LogP contribution is -2.48. The molecule has 0 radical (unpaired) electrons. The summed E-state index contributed by atoms with van der Waals surface area (Å²) in [6, 6.07) is 2.21. The summed E-state index contributed by atoms with van der Waals surface area (Å²) in [5.74, 6) is 0.0953. The molecular formula is C19H28N4O2. The van der Waals surface area contributed by atoms with Gasteiger partial charge in [-0.1, -0.05) is 25.7 Å². The number of piperazine rings is 1. The fourth-order valence-corrected chi connectivity index (χ4v) is 3.70. The predicted octanol–water partition coefficient (Wildman–Crippen LogP) is 2.20. The number of carbonyl (C=O) groups excluding carboxylic acids is 2. The van der Waals surface area contributed by atoms with Gasteiger partial charge in [-0.25, -0.2) is 0 Å². The highest BCUT2D eigenvalue weighted by Crippen LogP contribution is 2.19. The largest absolute Gasteiger partial charge is 0.367 e. The Morgan fingerprint density at radius 2 is 1.72 bits per heavy atom. The number of amides is 2. The maximum atomic E-state index is 12.6. The van der Waals surface area contributed by atoms with Crippen LogP contribution in [-0.4, -0.2) is 53.9 Å². The predicted molar refractivity (Wildman–Crippen MR) is 97.7 cm³/mol. The van der Waals surface area contributed by atoms with E-state index in [0.717, 1.165) is 31.6 Å². The van der Waals surface area contributed by atoms with Crippen LogP contribution in [0.15, 0.2) is 18.5 Å². The molecule has 2 heterocycles. The Labute approximate surface area is 149 Å². The first-order valence-electron chi connectivity index (χ1n) is 9.40. The SMILES string of the molecule is CC(=O)N1CCN(c2cncc(C(=O)NC3CCCCCC3)c2)CC1. The van der Waals surface area contributed by atoms with E-state index in [0.29, 0.717) is 18.7 Å². The van der Waals surface area contributed by atoms with E-state index in [1.807, 2.05) is 11.0 Å². The van der Waals surface area contributed by atoms with Crippen molar-refractivity contribution in [3.63, 3.8) is 0 Å². The minimum absolute atomic E-state index is 0.0244. The van der Waals surface area contributed by atoms with Crippen LogP contribution in [-0.2, 0) is 4.79 Å². The van der Waals surface area contributed by atoms with Gasteiger partial charge < -0.3 is 15.1 Å². The Morgan fingerprint density at radius 3 is 2.36 bits per heavy atom. The van der Waals surface area contributed by atoms with Crippen LogP contribution in [0.4, 0.5) is 5.69 Å². The highest BCUT2D eigenvalue weighted by atomic mass is 16.2. The van der Waals surface area contributed by atoms with Crippen molar-refractivity contribution in [2.75, 3.05) is 31.1 Å². The molecule has 0 atom stereocenters. The zero-order chi connectivity index (χ0) is 17.6. The van der Waals surface area contributed by atoms with Gasteiger partial charge in [0.15, 0.2) is 0 Å². The molecule has 0 bridgehead atoms. The fraction of sp³-hybridized carbons (Fsp3) is 0.632. The van der Waals surface area contributed by atoms with E-state index in [9.17, 15) is 9.59 Å². The highest BCUT2D eigenvalue weighted by molar-refractivity contribution is 5.95. The number of pyridine rings is 1. The molecule has 0 aromatic carbocycles. The maximum absolute atomic E-state index is 12.6. The normalized spacial score (nSPS) is 19.4. The first kappa shape index (κ1) is 17.7. The Morgan fingerprint density at radius 1 is 1.04 bits per heavy atom. The number of anilines is 1. The van der Waals surface area contributed by atoms with Crippen molar-refractivity contribution in [2.24, 2.45) is 0 Å². The summed E-state index contributed by atoms with van der Waals surface area (Å²) in [6.45, 7) is 4.58. The molecule has 0 spiro atoms. The third-order valence-electron chi connectivity index (χ3n) is 5.27. The Kier molecular flexibility index (Phi) is 5.89. The molecule has 6 heteroatoms.